The fourth-order valence-electron chi connectivity index (χ4n) is 2.81. The van der Waals surface area contributed by atoms with Crippen LogP contribution in [0.25, 0.3) is 0 Å². The molecule has 0 spiro atoms. The van der Waals surface area contributed by atoms with E-state index in [0.29, 0.717) is 18.7 Å². The van der Waals surface area contributed by atoms with E-state index in [-0.39, 0.29) is 10.7 Å². The van der Waals surface area contributed by atoms with Crippen LogP contribution in [0.2, 0.25) is 0 Å². The van der Waals surface area contributed by atoms with Gasteiger partial charge in [0.1, 0.15) is 0 Å². The van der Waals surface area contributed by atoms with Crippen LogP contribution in [-0.2, 0) is 6.54 Å². The van der Waals surface area contributed by atoms with Crippen molar-refractivity contribution in [3.63, 3.8) is 0 Å². The molecule has 138 valence electrons. The average molecular weight is 363 g/mol. The zero-order valence-electron chi connectivity index (χ0n) is 15.8. The van der Waals surface area contributed by atoms with E-state index >= 15 is 0 Å². The summed E-state index contributed by atoms with van der Waals surface area (Å²) in [5.41, 5.74) is 1.80. The number of guanidine groups is 1. The molecular formula is C19H30N4OS. The van der Waals surface area contributed by atoms with Crippen LogP contribution in [-0.4, -0.2) is 53.4 Å². The van der Waals surface area contributed by atoms with E-state index in [4.69, 9.17) is 4.99 Å². The smallest absolute Gasteiger partial charge is 0.251 e. The van der Waals surface area contributed by atoms with Crippen molar-refractivity contribution in [1.29, 1.82) is 0 Å². The number of aliphatic imine (C=N–C) groups is 1. The highest BCUT2D eigenvalue weighted by atomic mass is 32.2. The van der Waals surface area contributed by atoms with E-state index < -0.39 is 0 Å². The van der Waals surface area contributed by atoms with Crippen molar-refractivity contribution in [1.82, 2.24) is 15.5 Å². The van der Waals surface area contributed by atoms with Crippen LogP contribution in [0.5, 0.6) is 0 Å². The molecule has 0 atom stereocenters. The standard InChI is InChI=1S/C19H30N4OS/c1-5-20-17(24)16-9-7-15(8-10-16)13-22-18(21-6-2)23-11-12-25-19(3,4)14-23/h7-10H,5-6,11-14H2,1-4H3,(H,20,24)(H,21,22). The highest BCUT2D eigenvalue weighted by molar-refractivity contribution is 8.00. The lowest BCUT2D eigenvalue weighted by Crippen LogP contribution is -2.50. The van der Waals surface area contributed by atoms with Crippen molar-refractivity contribution in [3.05, 3.63) is 35.4 Å². The molecule has 1 saturated heterocycles. The van der Waals surface area contributed by atoms with Crippen LogP contribution < -0.4 is 10.6 Å². The molecule has 1 aliphatic heterocycles. The molecule has 1 aliphatic rings. The van der Waals surface area contributed by atoms with Crippen LogP contribution in [0.15, 0.2) is 29.3 Å². The number of benzene rings is 1. The number of hydrogen-bond acceptors (Lipinski definition) is 3. The molecular weight excluding hydrogens is 332 g/mol. The monoisotopic (exact) mass is 362 g/mol. The quantitative estimate of drug-likeness (QED) is 0.625. The van der Waals surface area contributed by atoms with Gasteiger partial charge < -0.3 is 15.5 Å². The number of carbonyl (C=O) groups excluding carboxylic acids is 1. The number of nitrogens with zero attached hydrogens (tertiary/aromatic N) is 2. The molecule has 0 aromatic heterocycles. The van der Waals surface area contributed by atoms with Gasteiger partial charge in [0.05, 0.1) is 6.54 Å². The zero-order chi connectivity index (χ0) is 18.3. The highest BCUT2D eigenvalue weighted by Gasteiger charge is 2.28. The normalized spacial score (nSPS) is 17.3. The second-order valence-electron chi connectivity index (χ2n) is 6.76. The van der Waals surface area contributed by atoms with Gasteiger partial charge in [0.15, 0.2) is 5.96 Å². The molecule has 1 aromatic rings. The Hall–Kier alpha value is -1.69. The van der Waals surface area contributed by atoms with Gasteiger partial charge in [0.25, 0.3) is 5.91 Å². The largest absolute Gasteiger partial charge is 0.357 e. The minimum Gasteiger partial charge on any atom is -0.357 e. The lowest BCUT2D eigenvalue weighted by Gasteiger charge is -2.39. The van der Waals surface area contributed by atoms with Crippen LogP contribution in [0, 0.1) is 0 Å². The molecule has 1 aromatic carbocycles. The molecule has 1 fully saturated rings. The number of thioether (sulfide) groups is 1. The van der Waals surface area contributed by atoms with Gasteiger partial charge in [0, 0.05) is 42.2 Å². The second kappa shape index (κ2) is 9.13. The van der Waals surface area contributed by atoms with Gasteiger partial charge in [-0.15, -0.1) is 0 Å². The van der Waals surface area contributed by atoms with E-state index in [1.54, 1.807) is 0 Å². The molecule has 0 saturated carbocycles. The third-order valence-electron chi connectivity index (χ3n) is 4.02. The average Bonchev–Trinajstić information content (AvgIpc) is 2.58. The minimum atomic E-state index is -0.0288. The minimum absolute atomic E-state index is 0.0288. The lowest BCUT2D eigenvalue weighted by atomic mass is 10.1. The number of rotatable bonds is 5. The fourth-order valence-corrected chi connectivity index (χ4v) is 3.92. The number of hydrogen-bond donors (Lipinski definition) is 2. The number of carbonyl (C=O) groups is 1. The summed E-state index contributed by atoms with van der Waals surface area (Å²) >= 11 is 2.02. The van der Waals surface area contributed by atoms with Gasteiger partial charge in [-0.2, -0.15) is 11.8 Å². The predicted octanol–water partition coefficient (Wildman–Crippen LogP) is 2.73. The van der Waals surface area contributed by atoms with Crippen molar-refractivity contribution in [2.45, 2.75) is 39.0 Å². The molecule has 2 rings (SSSR count). The van der Waals surface area contributed by atoms with Crippen molar-refractivity contribution in [2.24, 2.45) is 4.99 Å². The molecule has 0 unspecified atom stereocenters. The summed E-state index contributed by atoms with van der Waals surface area (Å²) in [5.74, 6) is 2.07. The van der Waals surface area contributed by atoms with Gasteiger partial charge in [-0.3, -0.25) is 4.79 Å². The van der Waals surface area contributed by atoms with Crippen LogP contribution in [0.4, 0.5) is 0 Å². The van der Waals surface area contributed by atoms with E-state index in [0.717, 1.165) is 36.9 Å². The van der Waals surface area contributed by atoms with E-state index in [2.05, 4.69) is 36.3 Å². The van der Waals surface area contributed by atoms with Crippen molar-refractivity contribution >= 4 is 23.6 Å². The van der Waals surface area contributed by atoms with Gasteiger partial charge in [-0.1, -0.05) is 12.1 Å². The Morgan fingerprint density at radius 2 is 1.88 bits per heavy atom. The van der Waals surface area contributed by atoms with Gasteiger partial charge in [-0.25, -0.2) is 4.99 Å². The topological polar surface area (TPSA) is 56.7 Å². The van der Waals surface area contributed by atoms with Crippen LogP contribution >= 0.6 is 11.8 Å². The SMILES string of the molecule is CCNC(=O)c1ccc(CN=C(NCC)N2CCSC(C)(C)C2)cc1. The lowest BCUT2D eigenvalue weighted by molar-refractivity contribution is 0.0956. The molecule has 6 heteroatoms. The molecule has 25 heavy (non-hydrogen) atoms. The maximum atomic E-state index is 11.8. The summed E-state index contributed by atoms with van der Waals surface area (Å²) in [7, 11) is 0. The Kier molecular flexibility index (Phi) is 7.17. The summed E-state index contributed by atoms with van der Waals surface area (Å²) in [5, 5.41) is 6.22. The van der Waals surface area contributed by atoms with Gasteiger partial charge >= 0.3 is 0 Å². The summed E-state index contributed by atoms with van der Waals surface area (Å²) in [4.78, 5) is 19.0. The summed E-state index contributed by atoms with van der Waals surface area (Å²) in [6, 6.07) is 7.69. The first kappa shape index (κ1) is 19.6. The summed E-state index contributed by atoms with van der Waals surface area (Å²) in [6.45, 7) is 12.7. The van der Waals surface area contributed by atoms with Crippen LogP contribution in [0.3, 0.4) is 0 Å². The molecule has 2 N–H and O–H groups in total. The number of amides is 1. The molecule has 1 amide bonds. The number of nitrogens with one attached hydrogen (secondary N) is 2. The first-order valence-electron chi connectivity index (χ1n) is 8.99. The zero-order valence-corrected chi connectivity index (χ0v) is 16.6. The van der Waals surface area contributed by atoms with Crippen molar-refractivity contribution in [2.75, 3.05) is 31.9 Å². The molecule has 0 aliphatic carbocycles. The van der Waals surface area contributed by atoms with E-state index in [9.17, 15) is 4.79 Å². The van der Waals surface area contributed by atoms with Gasteiger partial charge in [0.2, 0.25) is 0 Å². The second-order valence-corrected chi connectivity index (χ2v) is 8.56. The third kappa shape index (κ3) is 5.96. The first-order valence-corrected chi connectivity index (χ1v) is 9.98. The van der Waals surface area contributed by atoms with Crippen LogP contribution in [0.1, 0.15) is 43.6 Å². The highest BCUT2D eigenvalue weighted by Crippen LogP contribution is 2.29. The predicted molar refractivity (Wildman–Crippen MR) is 107 cm³/mol. The Labute approximate surface area is 155 Å². The Bertz CT molecular complexity index is 598. The molecule has 5 nitrogen and oxygen atoms in total. The van der Waals surface area contributed by atoms with Crippen molar-refractivity contribution in [3.8, 4) is 0 Å². The Morgan fingerprint density at radius 3 is 2.48 bits per heavy atom. The Balaban J connectivity index is 2.04. The molecule has 0 radical (unpaired) electrons. The third-order valence-corrected chi connectivity index (χ3v) is 5.32. The summed E-state index contributed by atoms with van der Waals surface area (Å²) in [6.07, 6.45) is 0. The van der Waals surface area contributed by atoms with Crippen molar-refractivity contribution < 1.29 is 4.79 Å². The Morgan fingerprint density at radius 1 is 1.20 bits per heavy atom. The molecule has 0 bridgehead atoms. The fraction of sp³-hybridized carbons (Fsp3) is 0.579. The molecule has 1 heterocycles. The van der Waals surface area contributed by atoms with Gasteiger partial charge in [-0.05, 0) is 45.4 Å². The summed E-state index contributed by atoms with van der Waals surface area (Å²) < 4.78 is 0.253. The van der Waals surface area contributed by atoms with E-state index in [1.165, 1.54) is 0 Å². The van der Waals surface area contributed by atoms with E-state index in [1.807, 2.05) is 43.0 Å². The maximum Gasteiger partial charge on any atom is 0.251 e. The maximum absolute atomic E-state index is 11.8. The first-order chi connectivity index (χ1) is 11.9.